The Labute approximate surface area is 166 Å². The van der Waals surface area contributed by atoms with Crippen LogP contribution in [0.15, 0.2) is 59.5 Å². The molecule has 0 heterocycles. The minimum atomic E-state index is -3.72. The lowest BCUT2D eigenvalue weighted by molar-refractivity contribution is -0.119. The summed E-state index contributed by atoms with van der Waals surface area (Å²) in [5.74, 6) is -0.221. The summed E-state index contributed by atoms with van der Waals surface area (Å²) in [6.45, 7) is 0. The monoisotopic (exact) mass is 409 g/mol. The van der Waals surface area contributed by atoms with Crippen molar-refractivity contribution in [2.24, 2.45) is 11.7 Å². The highest BCUT2D eigenvalue weighted by molar-refractivity contribution is 7.92. The molecule has 1 saturated carbocycles. The molecule has 2 atom stereocenters. The lowest BCUT2D eigenvalue weighted by atomic mass is 10.1. The summed E-state index contributed by atoms with van der Waals surface area (Å²) in [5.41, 5.74) is 6.90. The van der Waals surface area contributed by atoms with Crippen molar-refractivity contribution in [1.82, 2.24) is 0 Å². The van der Waals surface area contributed by atoms with Crippen LogP contribution in [0.5, 0.6) is 0 Å². The number of rotatable bonds is 5. The van der Waals surface area contributed by atoms with Crippen LogP contribution in [0.3, 0.4) is 0 Å². The van der Waals surface area contributed by atoms with Gasteiger partial charge in [0.15, 0.2) is 0 Å². The number of halogens is 1. The van der Waals surface area contributed by atoms with Crippen molar-refractivity contribution in [3.05, 3.63) is 54.6 Å². The number of nitrogens with two attached hydrogens (primary N) is 1. The van der Waals surface area contributed by atoms with Crippen molar-refractivity contribution in [1.29, 1.82) is 0 Å². The zero-order chi connectivity index (χ0) is 18.7. The number of nitrogens with zero attached hydrogens (tertiary/aromatic N) is 1. The van der Waals surface area contributed by atoms with Crippen LogP contribution in [0, 0.1) is 5.92 Å². The molecule has 2 aromatic rings. The van der Waals surface area contributed by atoms with E-state index in [9.17, 15) is 13.2 Å². The summed E-state index contributed by atoms with van der Waals surface area (Å²) < 4.78 is 27.0. The van der Waals surface area contributed by atoms with Crippen molar-refractivity contribution in [2.45, 2.75) is 30.2 Å². The first-order valence-electron chi connectivity index (χ1n) is 8.58. The maximum Gasteiger partial charge on any atom is 0.264 e. The minimum Gasteiger partial charge on any atom is -0.328 e. The Morgan fingerprint density at radius 1 is 1.11 bits per heavy atom. The van der Waals surface area contributed by atoms with E-state index in [0.717, 1.165) is 12.8 Å². The van der Waals surface area contributed by atoms with Crippen LogP contribution in [0.2, 0.25) is 0 Å². The van der Waals surface area contributed by atoms with E-state index in [1.807, 2.05) is 6.07 Å². The molecule has 0 radical (unpaired) electrons. The van der Waals surface area contributed by atoms with Crippen molar-refractivity contribution in [2.75, 3.05) is 16.7 Å². The Hall–Kier alpha value is -2.09. The quantitative estimate of drug-likeness (QED) is 0.793. The number of benzene rings is 2. The zero-order valence-electron chi connectivity index (χ0n) is 15.0. The second-order valence-corrected chi connectivity index (χ2v) is 8.56. The first-order chi connectivity index (χ1) is 12.4. The van der Waals surface area contributed by atoms with Gasteiger partial charge in [-0.05, 0) is 49.6 Å². The molecule has 6 nitrogen and oxygen atoms in total. The number of nitrogens with one attached hydrogen (secondary N) is 1. The molecule has 8 heteroatoms. The van der Waals surface area contributed by atoms with Gasteiger partial charge in [-0.2, -0.15) is 0 Å². The molecule has 1 aliphatic rings. The predicted molar refractivity (Wildman–Crippen MR) is 110 cm³/mol. The van der Waals surface area contributed by atoms with Crippen LogP contribution >= 0.6 is 12.4 Å². The van der Waals surface area contributed by atoms with Gasteiger partial charge in [0.25, 0.3) is 10.0 Å². The number of sulfonamides is 1. The van der Waals surface area contributed by atoms with Crippen LogP contribution in [-0.4, -0.2) is 27.4 Å². The highest BCUT2D eigenvalue weighted by Crippen LogP contribution is 2.27. The summed E-state index contributed by atoms with van der Waals surface area (Å²) in [6.07, 6.45) is 2.27. The Balaban J connectivity index is 0.00000261. The topological polar surface area (TPSA) is 92.5 Å². The summed E-state index contributed by atoms with van der Waals surface area (Å²) in [5, 5.41) is 2.82. The van der Waals surface area contributed by atoms with Gasteiger partial charge in [0, 0.05) is 24.7 Å². The summed E-state index contributed by atoms with van der Waals surface area (Å²) in [4.78, 5) is 12.5. The number of carbonyl (C=O) groups is 1. The number of amides is 1. The van der Waals surface area contributed by atoms with Crippen LogP contribution in [-0.2, 0) is 14.8 Å². The first-order valence-corrected chi connectivity index (χ1v) is 10.0. The molecule has 1 aliphatic carbocycles. The molecule has 2 aromatic carbocycles. The minimum absolute atomic E-state index is 0. The summed E-state index contributed by atoms with van der Waals surface area (Å²) in [6, 6.07) is 15.2. The normalized spacial score (nSPS) is 19.2. The van der Waals surface area contributed by atoms with Crippen LogP contribution in [0.4, 0.5) is 11.4 Å². The third kappa shape index (κ3) is 4.80. The van der Waals surface area contributed by atoms with Gasteiger partial charge in [-0.15, -0.1) is 12.4 Å². The molecular formula is C19H24ClN3O3S. The maximum absolute atomic E-state index is 12.9. The molecule has 146 valence electrons. The molecule has 0 saturated heterocycles. The molecule has 0 bridgehead atoms. The molecule has 0 aromatic heterocycles. The van der Waals surface area contributed by atoms with E-state index in [2.05, 4.69) is 5.32 Å². The van der Waals surface area contributed by atoms with E-state index in [1.54, 1.807) is 36.4 Å². The Morgan fingerprint density at radius 2 is 1.81 bits per heavy atom. The molecule has 27 heavy (non-hydrogen) atoms. The summed E-state index contributed by atoms with van der Waals surface area (Å²) >= 11 is 0. The van der Waals surface area contributed by atoms with E-state index in [4.69, 9.17) is 5.73 Å². The standard InChI is InChI=1S/C19H23N3O3S.ClH/c1-22(17-7-3-2-4-8-17)26(24,25)18-9-5-6-16(13-18)21-19(23)14-10-11-15(20)12-14;/h2-9,13-15H,10-12,20H2,1H3,(H,21,23);1H. The van der Waals surface area contributed by atoms with Gasteiger partial charge in [0.05, 0.1) is 10.6 Å². The second-order valence-electron chi connectivity index (χ2n) is 6.60. The van der Waals surface area contributed by atoms with Crippen molar-refractivity contribution in [3.63, 3.8) is 0 Å². The average molecular weight is 410 g/mol. The lowest BCUT2D eigenvalue weighted by Gasteiger charge is -2.20. The van der Waals surface area contributed by atoms with Crippen LogP contribution in [0.25, 0.3) is 0 Å². The van der Waals surface area contributed by atoms with Gasteiger partial charge in [-0.1, -0.05) is 24.3 Å². The molecule has 0 spiro atoms. The second kappa shape index (κ2) is 8.73. The average Bonchev–Trinajstić information content (AvgIpc) is 3.08. The Kier molecular flexibility index (Phi) is 6.86. The third-order valence-electron chi connectivity index (χ3n) is 4.72. The van der Waals surface area contributed by atoms with Gasteiger partial charge >= 0.3 is 0 Å². The van der Waals surface area contributed by atoms with E-state index in [0.29, 0.717) is 17.8 Å². The number of anilines is 2. The Morgan fingerprint density at radius 3 is 2.44 bits per heavy atom. The van der Waals surface area contributed by atoms with Gasteiger partial charge in [-0.3, -0.25) is 9.10 Å². The largest absolute Gasteiger partial charge is 0.328 e. The fourth-order valence-corrected chi connectivity index (χ4v) is 4.41. The van der Waals surface area contributed by atoms with Crippen LogP contribution < -0.4 is 15.4 Å². The van der Waals surface area contributed by atoms with Gasteiger partial charge in [0.2, 0.25) is 5.91 Å². The predicted octanol–water partition coefficient (Wildman–Crippen LogP) is 3.00. The van der Waals surface area contributed by atoms with Crippen molar-refractivity contribution < 1.29 is 13.2 Å². The summed E-state index contributed by atoms with van der Waals surface area (Å²) in [7, 11) is -2.21. The molecule has 1 amide bonds. The highest BCUT2D eigenvalue weighted by Gasteiger charge is 2.28. The molecule has 3 rings (SSSR count). The Bertz CT molecular complexity index is 890. The molecule has 1 fully saturated rings. The molecule has 2 unspecified atom stereocenters. The van der Waals surface area contributed by atoms with Crippen LogP contribution in [0.1, 0.15) is 19.3 Å². The molecular weight excluding hydrogens is 386 g/mol. The SMILES string of the molecule is CN(c1ccccc1)S(=O)(=O)c1cccc(NC(=O)C2CCC(N)C2)c1.Cl. The number of carbonyl (C=O) groups excluding carboxylic acids is 1. The van der Waals surface area contributed by atoms with E-state index < -0.39 is 10.0 Å². The smallest absolute Gasteiger partial charge is 0.264 e. The third-order valence-corrected chi connectivity index (χ3v) is 6.51. The zero-order valence-corrected chi connectivity index (χ0v) is 16.7. The number of hydrogen-bond donors (Lipinski definition) is 2. The van der Waals surface area contributed by atoms with E-state index in [1.165, 1.54) is 23.5 Å². The first kappa shape index (κ1) is 21.2. The van der Waals surface area contributed by atoms with Gasteiger partial charge < -0.3 is 11.1 Å². The van der Waals surface area contributed by atoms with Crippen molar-refractivity contribution >= 4 is 39.7 Å². The lowest BCUT2D eigenvalue weighted by Crippen LogP contribution is -2.27. The van der Waals surface area contributed by atoms with E-state index in [-0.39, 0.29) is 35.2 Å². The number of hydrogen-bond acceptors (Lipinski definition) is 4. The molecule has 0 aliphatic heterocycles. The maximum atomic E-state index is 12.9. The van der Waals surface area contributed by atoms with Gasteiger partial charge in [0.1, 0.15) is 0 Å². The van der Waals surface area contributed by atoms with E-state index >= 15 is 0 Å². The number of para-hydroxylation sites is 1. The fourth-order valence-electron chi connectivity index (χ4n) is 3.17. The van der Waals surface area contributed by atoms with Gasteiger partial charge in [-0.25, -0.2) is 8.42 Å². The fraction of sp³-hybridized carbons (Fsp3) is 0.316. The molecule has 3 N–H and O–H groups in total. The van der Waals surface area contributed by atoms with Crippen molar-refractivity contribution in [3.8, 4) is 0 Å². The highest BCUT2D eigenvalue weighted by atomic mass is 35.5.